The van der Waals surface area contributed by atoms with Crippen LogP contribution in [0.15, 0.2) is 0 Å². The highest BCUT2D eigenvalue weighted by Gasteiger charge is 2.30. The van der Waals surface area contributed by atoms with Crippen LogP contribution in [0, 0.1) is 0 Å². The molecule has 0 saturated carbocycles. The maximum Gasteiger partial charge on any atom is 0.410 e. The second-order valence-electron chi connectivity index (χ2n) is 8.17. The minimum absolute atomic E-state index is 0.152. The van der Waals surface area contributed by atoms with E-state index in [1.807, 2.05) is 34.6 Å². The number of hydrogen-bond acceptors (Lipinski definition) is 6. The van der Waals surface area contributed by atoms with Gasteiger partial charge in [0.15, 0.2) is 0 Å². The molecule has 0 unspecified atom stereocenters. The normalized spacial score (nSPS) is 14.7. The van der Waals surface area contributed by atoms with E-state index in [1.54, 1.807) is 4.90 Å². The lowest BCUT2D eigenvalue weighted by molar-refractivity contribution is 0.0220. The van der Waals surface area contributed by atoms with Crippen LogP contribution < -0.4 is 5.32 Å². The molecule has 2 rings (SSSR count). The SMILES string of the molecule is CC(C)(COCCBr)Nc1nc(Cl)nc2c1CCN(C(=O)OC(C)(C)C)C2. The summed E-state index contributed by atoms with van der Waals surface area (Å²) in [5.74, 6) is 0.696. The van der Waals surface area contributed by atoms with E-state index in [0.717, 1.165) is 16.6 Å². The minimum Gasteiger partial charge on any atom is -0.444 e. The van der Waals surface area contributed by atoms with Gasteiger partial charge >= 0.3 is 6.09 Å². The molecule has 0 radical (unpaired) electrons. The Morgan fingerprint density at radius 3 is 2.63 bits per heavy atom. The first kappa shape index (κ1) is 22.2. The molecule has 1 N–H and O–H groups in total. The third-order valence-electron chi connectivity index (χ3n) is 3.83. The molecule has 9 heteroatoms. The van der Waals surface area contributed by atoms with Gasteiger partial charge < -0.3 is 19.7 Å². The Morgan fingerprint density at radius 2 is 2.00 bits per heavy atom. The maximum atomic E-state index is 12.4. The van der Waals surface area contributed by atoms with Crippen molar-refractivity contribution in [3.8, 4) is 0 Å². The van der Waals surface area contributed by atoms with E-state index in [4.69, 9.17) is 21.1 Å². The van der Waals surface area contributed by atoms with E-state index >= 15 is 0 Å². The molecular weight excluding hydrogens is 436 g/mol. The Bertz CT molecular complexity index is 679. The monoisotopic (exact) mass is 462 g/mol. The summed E-state index contributed by atoms with van der Waals surface area (Å²) in [6, 6.07) is 0. The molecule has 1 amide bonds. The van der Waals surface area contributed by atoms with Crippen LogP contribution in [0.3, 0.4) is 0 Å². The highest BCUT2D eigenvalue weighted by molar-refractivity contribution is 9.09. The number of nitrogens with one attached hydrogen (secondary N) is 1. The van der Waals surface area contributed by atoms with Crippen LogP contribution in [0.5, 0.6) is 0 Å². The van der Waals surface area contributed by atoms with Crippen molar-refractivity contribution in [3.05, 3.63) is 16.5 Å². The topological polar surface area (TPSA) is 76.6 Å². The van der Waals surface area contributed by atoms with Gasteiger partial charge in [0, 0.05) is 17.4 Å². The highest BCUT2D eigenvalue weighted by atomic mass is 79.9. The van der Waals surface area contributed by atoms with Gasteiger partial charge in [-0.1, -0.05) is 15.9 Å². The van der Waals surface area contributed by atoms with Gasteiger partial charge in [-0.15, -0.1) is 0 Å². The number of carbonyl (C=O) groups is 1. The van der Waals surface area contributed by atoms with Crippen molar-refractivity contribution in [2.45, 2.75) is 58.7 Å². The lowest BCUT2D eigenvalue weighted by Crippen LogP contribution is -2.41. The molecule has 1 aromatic rings. The molecule has 0 atom stereocenters. The van der Waals surface area contributed by atoms with Gasteiger partial charge in [0.2, 0.25) is 5.28 Å². The Hall–Kier alpha value is -1.12. The molecule has 1 aromatic heterocycles. The van der Waals surface area contributed by atoms with Crippen molar-refractivity contribution in [3.63, 3.8) is 0 Å². The summed E-state index contributed by atoms with van der Waals surface area (Å²) in [7, 11) is 0. The summed E-state index contributed by atoms with van der Waals surface area (Å²) >= 11 is 9.49. The van der Waals surface area contributed by atoms with Crippen molar-refractivity contribution in [2.75, 3.05) is 30.4 Å². The fourth-order valence-corrected chi connectivity index (χ4v) is 3.14. The fourth-order valence-electron chi connectivity index (χ4n) is 2.72. The molecule has 0 fully saturated rings. The van der Waals surface area contributed by atoms with Crippen molar-refractivity contribution in [1.29, 1.82) is 0 Å². The van der Waals surface area contributed by atoms with Crippen LogP contribution in [0.25, 0.3) is 0 Å². The molecule has 1 aliphatic heterocycles. The average Bonchev–Trinajstić information content (AvgIpc) is 2.52. The van der Waals surface area contributed by atoms with Gasteiger partial charge in [-0.25, -0.2) is 14.8 Å². The fraction of sp³-hybridized carbons (Fsp3) is 0.722. The molecular formula is C18H28BrClN4O3. The lowest BCUT2D eigenvalue weighted by Gasteiger charge is -2.33. The first-order valence-corrected chi connectivity index (χ1v) is 10.5. The van der Waals surface area contributed by atoms with Gasteiger partial charge in [0.1, 0.15) is 11.4 Å². The molecule has 1 aliphatic rings. The highest BCUT2D eigenvalue weighted by Crippen LogP contribution is 2.28. The zero-order valence-corrected chi connectivity index (χ0v) is 18.9. The summed E-state index contributed by atoms with van der Waals surface area (Å²) in [4.78, 5) is 22.7. The Balaban J connectivity index is 2.15. The largest absolute Gasteiger partial charge is 0.444 e. The second-order valence-corrected chi connectivity index (χ2v) is 9.30. The molecule has 0 spiro atoms. The Kier molecular flexibility index (Phi) is 7.33. The number of ether oxygens (including phenoxy) is 2. The minimum atomic E-state index is -0.535. The zero-order chi connectivity index (χ0) is 20.2. The average molecular weight is 464 g/mol. The van der Waals surface area contributed by atoms with Crippen molar-refractivity contribution in [1.82, 2.24) is 14.9 Å². The summed E-state index contributed by atoms with van der Waals surface area (Å²) in [6.07, 6.45) is 0.285. The van der Waals surface area contributed by atoms with E-state index in [1.165, 1.54) is 0 Å². The number of alkyl halides is 1. The van der Waals surface area contributed by atoms with Gasteiger partial charge in [0.25, 0.3) is 0 Å². The molecule has 0 aliphatic carbocycles. The van der Waals surface area contributed by atoms with Crippen molar-refractivity contribution < 1.29 is 14.3 Å². The Labute approximate surface area is 174 Å². The number of anilines is 1. The van der Waals surface area contributed by atoms with Crippen molar-refractivity contribution >= 4 is 39.4 Å². The van der Waals surface area contributed by atoms with E-state index in [0.29, 0.717) is 38.5 Å². The predicted molar refractivity (Wildman–Crippen MR) is 110 cm³/mol. The Morgan fingerprint density at radius 1 is 1.30 bits per heavy atom. The van der Waals surface area contributed by atoms with Crippen LogP contribution in [-0.2, 0) is 22.4 Å². The first-order valence-electron chi connectivity index (χ1n) is 8.96. The number of rotatable bonds is 6. The predicted octanol–water partition coefficient (Wildman–Crippen LogP) is 4.03. The van der Waals surface area contributed by atoms with Gasteiger partial charge in [-0.05, 0) is 52.6 Å². The maximum absolute atomic E-state index is 12.4. The van der Waals surface area contributed by atoms with Crippen LogP contribution in [0.2, 0.25) is 5.28 Å². The van der Waals surface area contributed by atoms with Gasteiger partial charge in [0.05, 0.1) is 31.0 Å². The summed E-state index contributed by atoms with van der Waals surface area (Å²) in [5, 5.41) is 4.36. The van der Waals surface area contributed by atoms with Gasteiger partial charge in [-0.2, -0.15) is 0 Å². The second kappa shape index (κ2) is 8.92. The van der Waals surface area contributed by atoms with Crippen LogP contribution >= 0.6 is 27.5 Å². The number of fused-ring (bicyclic) bond motifs is 1. The van der Waals surface area contributed by atoms with Crippen LogP contribution in [0.4, 0.5) is 10.6 Å². The third kappa shape index (κ3) is 6.76. The lowest BCUT2D eigenvalue weighted by atomic mass is 10.0. The summed E-state index contributed by atoms with van der Waals surface area (Å²) < 4.78 is 11.1. The molecule has 2 heterocycles. The number of carbonyl (C=O) groups excluding carboxylic acids is 1. The number of hydrogen-bond donors (Lipinski definition) is 1. The molecule has 7 nitrogen and oxygen atoms in total. The van der Waals surface area contributed by atoms with Crippen LogP contribution in [0.1, 0.15) is 45.9 Å². The summed E-state index contributed by atoms with van der Waals surface area (Å²) in [5.41, 5.74) is 0.863. The molecule has 0 saturated heterocycles. The number of halogens is 2. The smallest absolute Gasteiger partial charge is 0.410 e. The van der Waals surface area contributed by atoms with Crippen molar-refractivity contribution in [2.24, 2.45) is 0 Å². The van der Waals surface area contributed by atoms with Crippen LogP contribution in [-0.4, -0.2) is 57.2 Å². The molecule has 0 aromatic carbocycles. The van der Waals surface area contributed by atoms with E-state index in [-0.39, 0.29) is 16.9 Å². The first-order chi connectivity index (χ1) is 12.5. The number of nitrogens with zero attached hydrogens (tertiary/aromatic N) is 3. The number of aromatic nitrogens is 2. The molecule has 0 bridgehead atoms. The third-order valence-corrected chi connectivity index (χ3v) is 4.32. The zero-order valence-electron chi connectivity index (χ0n) is 16.6. The standard InChI is InChI=1S/C18H28BrClN4O3/c1-17(2,3)27-16(25)24-8-6-12-13(10-24)21-15(20)22-14(12)23-18(4,5)11-26-9-7-19/h6-11H2,1-5H3,(H,21,22,23). The summed E-state index contributed by atoms with van der Waals surface area (Å²) in [6.45, 7) is 11.7. The molecule has 152 valence electrons. The van der Waals surface area contributed by atoms with E-state index in [2.05, 4.69) is 31.2 Å². The molecule has 27 heavy (non-hydrogen) atoms. The number of amides is 1. The van der Waals surface area contributed by atoms with E-state index in [9.17, 15) is 4.79 Å². The van der Waals surface area contributed by atoms with E-state index < -0.39 is 5.60 Å². The van der Waals surface area contributed by atoms with Gasteiger partial charge in [-0.3, -0.25) is 0 Å². The quantitative estimate of drug-likeness (QED) is 0.390.